The predicted molar refractivity (Wildman–Crippen MR) is 125 cm³/mol. The van der Waals surface area contributed by atoms with Crippen LogP contribution in [0.2, 0.25) is 0 Å². The predicted octanol–water partition coefficient (Wildman–Crippen LogP) is 1.23. The number of carbonyl (C=O) groups excluding carboxylic acids is 5. The maximum atomic E-state index is 13.1. The van der Waals surface area contributed by atoms with Gasteiger partial charge in [0.1, 0.15) is 17.9 Å². The fourth-order valence-corrected chi connectivity index (χ4v) is 3.50. The minimum absolute atomic E-state index is 0.0260. The molecule has 176 valence electrons. The number of rotatable bonds is 12. The zero-order valence-corrected chi connectivity index (χ0v) is 20.1. The van der Waals surface area contributed by atoms with Crippen molar-refractivity contribution in [1.29, 1.82) is 0 Å². The van der Waals surface area contributed by atoms with Gasteiger partial charge in [0.25, 0.3) is 0 Å². The first kappa shape index (κ1) is 27.4. The monoisotopic (exact) mass is 463 g/mol. The zero-order chi connectivity index (χ0) is 24.5. The Labute approximate surface area is 194 Å². The fourth-order valence-electron chi connectivity index (χ4n) is 3.21. The van der Waals surface area contributed by atoms with E-state index in [2.05, 4.69) is 28.6 Å². The molecular formula is C23H33N3O5S. The van der Waals surface area contributed by atoms with E-state index >= 15 is 0 Å². The molecule has 1 unspecified atom stereocenters. The van der Waals surface area contributed by atoms with E-state index < -0.39 is 34.4 Å². The van der Waals surface area contributed by atoms with Crippen LogP contribution in [0.3, 0.4) is 0 Å². The molecule has 0 heterocycles. The summed E-state index contributed by atoms with van der Waals surface area (Å²) < 4.78 is -1.87. The lowest BCUT2D eigenvalue weighted by Crippen LogP contribution is -2.58. The lowest BCUT2D eigenvalue weighted by Gasteiger charge is -2.28. The van der Waals surface area contributed by atoms with Crippen molar-refractivity contribution in [2.45, 2.75) is 63.8 Å². The third-order valence-corrected chi connectivity index (χ3v) is 5.63. The van der Waals surface area contributed by atoms with Gasteiger partial charge in [0, 0.05) is 19.9 Å². The van der Waals surface area contributed by atoms with E-state index in [9.17, 15) is 24.0 Å². The number of likely N-dealkylation sites (N-methyl/N-ethyl adjacent to an activating group) is 1. The van der Waals surface area contributed by atoms with Crippen LogP contribution in [0.4, 0.5) is 0 Å². The average molecular weight is 464 g/mol. The molecule has 0 aliphatic carbocycles. The van der Waals surface area contributed by atoms with Crippen molar-refractivity contribution in [2.24, 2.45) is 5.92 Å². The number of carbonyl (C=O) groups is 5. The van der Waals surface area contributed by atoms with Crippen molar-refractivity contribution in [2.75, 3.05) is 7.05 Å². The third-order valence-electron chi connectivity index (χ3n) is 4.95. The number of thiol groups is 1. The highest BCUT2D eigenvalue weighted by Gasteiger charge is 2.42. The lowest BCUT2D eigenvalue weighted by molar-refractivity contribution is -0.137. The summed E-state index contributed by atoms with van der Waals surface area (Å²) in [7, 11) is 1.48. The van der Waals surface area contributed by atoms with E-state index in [-0.39, 0.29) is 36.9 Å². The van der Waals surface area contributed by atoms with Gasteiger partial charge in [-0.1, -0.05) is 44.2 Å². The minimum Gasteiger partial charge on any atom is -0.357 e. The average Bonchev–Trinajstić information content (AvgIpc) is 2.71. The van der Waals surface area contributed by atoms with Crippen molar-refractivity contribution < 1.29 is 24.0 Å². The summed E-state index contributed by atoms with van der Waals surface area (Å²) in [6, 6.07) is 7.35. The number of Topliss-reactive ketones (excluding diaryl/α,β-unsaturated/α-hetero) is 2. The van der Waals surface area contributed by atoms with Gasteiger partial charge < -0.3 is 16.0 Å². The molecule has 0 saturated carbocycles. The van der Waals surface area contributed by atoms with Gasteiger partial charge in [0.2, 0.25) is 17.7 Å². The van der Waals surface area contributed by atoms with E-state index in [1.54, 1.807) is 0 Å². The molecular weight excluding hydrogens is 430 g/mol. The maximum Gasteiger partial charge on any atom is 0.244 e. The summed E-state index contributed by atoms with van der Waals surface area (Å²) in [5.41, 5.74) is 0.859. The van der Waals surface area contributed by atoms with Crippen LogP contribution in [-0.2, 0) is 30.4 Å². The zero-order valence-electron chi connectivity index (χ0n) is 19.2. The minimum atomic E-state index is -1.87. The normalized spacial score (nSPS) is 14.6. The topological polar surface area (TPSA) is 121 Å². The summed E-state index contributed by atoms with van der Waals surface area (Å²) in [5, 5.41) is 7.81. The number of amides is 3. The standard InChI is InChI=1S/C23H33N3O5S/c1-14(2)11-18(26-22(31)23(32,16(4)28)13-15(3)27)21(30)25-19(20(29)24-5)12-17-9-7-6-8-10-17/h6-10,14,18-19,32H,11-13H2,1-5H3,(H,24,29)(H,25,30)(H,26,31)/t18-,19-,23?/m0/s1. The molecule has 32 heavy (non-hydrogen) atoms. The number of hydrogen-bond donors (Lipinski definition) is 4. The summed E-state index contributed by atoms with van der Waals surface area (Å²) in [6.45, 7) is 6.19. The van der Waals surface area contributed by atoms with Gasteiger partial charge in [-0.3, -0.25) is 24.0 Å². The fraction of sp³-hybridized carbons (Fsp3) is 0.522. The van der Waals surface area contributed by atoms with Gasteiger partial charge in [-0.25, -0.2) is 0 Å². The molecule has 1 rings (SSSR count). The van der Waals surface area contributed by atoms with Crippen molar-refractivity contribution in [3.63, 3.8) is 0 Å². The molecule has 0 saturated heterocycles. The first-order valence-electron chi connectivity index (χ1n) is 10.5. The highest BCUT2D eigenvalue weighted by molar-refractivity contribution is 7.83. The van der Waals surface area contributed by atoms with Crippen LogP contribution in [0, 0.1) is 5.92 Å². The molecule has 3 amide bonds. The van der Waals surface area contributed by atoms with E-state index in [1.165, 1.54) is 20.9 Å². The Kier molecular flexibility index (Phi) is 10.6. The van der Waals surface area contributed by atoms with Crippen molar-refractivity contribution in [1.82, 2.24) is 16.0 Å². The Hall–Kier alpha value is -2.68. The molecule has 0 aliphatic heterocycles. The number of benzene rings is 1. The van der Waals surface area contributed by atoms with E-state index in [0.29, 0.717) is 0 Å². The van der Waals surface area contributed by atoms with Gasteiger partial charge in [-0.15, -0.1) is 0 Å². The quantitative estimate of drug-likeness (QED) is 0.274. The summed E-state index contributed by atoms with van der Waals surface area (Å²) in [4.78, 5) is 62.0. The van der Waals surface area contributed by atoms with E-state index in [1.807, 2.05) is 44.2 Å². The highest BCUT2D eigenvalue weighted by Crippen LogP contribution is 2.22. The molecule has 0 aliphatic rings. The molecule has 0 radical (unpaired) electrons. The SMILES string of the molecule is CNC(=O)[C@H](Cc1ccccc1)NC(=O)[C@H](CC(C)C)NC(=O)C(S)(CC(C)=O)C(C)=O. The molecule has 0 bridgehead atoms. The molecule has 0 fully saturated rings. The lowest BCUT2D eigenvalue weighted by atomic mass is 9.94. The highest BCUT2D eigenvalue weighted by atomic mass is 32.1. The van der Waals surface area contributed by atoms with Crippen molar-refractivity contribution in [3.8, 4) is 0 Å². The second kappa shape index (κ2) is 12.4. The number of hydrogen-bond acceptors (Lipinski definition) is 6. The van der Waals surface area contributed by atoms with Gasteiger partial charge in [0.15, 0.2) is 10.5 Å². The Morgan fingerprint density at radius 2 is 1.53 bits per heavy atom. The molecule has 1 aromatic carbocycles. The van der Waals surface area contributed by atoms with Crippen LogP contribution in [0.25, 0.3) is 0 Å². The molecule has 0 aromatic heterocycles. The van der Waals surface area contributed by atoms with E-state index in [4.69, 9.17) is 0 Å². The van der Waals surface area contributed by atoms with Crippen molar-refractivity contribution >= 4 is 41.9 Å². The third kappa shape index (κ3) is 8.11. The van der Waals surface area contributed by atoms with Gasteiger partial charge in [-0.05, 0) is 31.7 Å². The molecule has 0 spiro atoms. The summed E-state index contributed by atoms with van der Waals surface area (Å²) in [5.74, 6) is -2.69. The first-order chi connectivity index (χ1) is 14.9. The Morgan fingerprint density at radius 3 is 2.00 bits per heavy atom. The summed E-state index contributed by atoms with van der Waals surface area (Å²) in [6.07, 6.45) is 0.149. The maximum absolute atomic E-state index is 13.1. The van der Waals surface area contributed by atoms with Crippen LogP contribution in [-0.4, -0.2) is 53.2 Å². The number of ketones is 2. The Balaban J connectivity index is 3.09. The van der Waals surface area contributed by atoms with Crippen LogP contribution in [0.1, 0.15) is 46.1 Å². The summed E-state index contributed by atoms with van der Waals surface area (Å²) >= 11 is 4.19. The largest absolute Gasteiger partial charge is 0.357 e. The molecule has 3 N–H and O–H groups in total. The van der Waals surface area contributed by atoms with Crippen LogP contribution >= 0.6 is 12.6 Å². The smallest absolute Gasteiger partial charge is 0.244 e. The van der Waals surface area contributed by atoms with Gasteiger partial charge >= 0.3 is 0 Å². The Bertz CT molecular complexity index is 843. The van der Waals surface area contributed by atoms with Crippen LogP contribution in [0.5, 0.6) is 0 Å². The Morgan fingerprint density at radius 1 is 0.938 bits per heavy atom. The number of nitrogens with one attached hydrogen (secondary N) is 3. The molecule has 1 aromatic rings. The first-order valence-corrected chi connectivity index (χ1v) is 10.9. The molecule has 8 nitrogen and oxygen atoms in total. The molecule has 9 heteroatoms. The van der Waals surface area contributed by atoms with Gasteiger partial charge in [-0.2, -0.15) is 12.6 Å². The van der Waals surface area contributed by atoms with E-state index in [0.717, 1.165) is 5.56 Å². The second-order valence-corrected chi connectivity index (χ2v) is 9.08. The molecule has 3 atom stereocenters. The van der Waals surface area contributed by atoms with Crippen molar-refractivity contribution in [3.05, 3.63) is 35.9 Å². The van der Waals surface area contributed by atoms with Gasteiger partial charge in [0.05, 0.1) is 0 Å². The van der Waals surface area contributed by atoms with Crippen LogP contribution in [0.15, 0.2) is 30.3 Å². The van der Waals surface area contributed by atoms with Crippen LogP contribution < -0.4 is 16.0 Å². The second-order valence-electron chi connectivity index (χ2n) is 8.32.